The average molecular weight is 435 g/mol. The minimum absolute atomic E-state index is 0.374. The van der Waals surface area contributed by atoms with E-state index in [2.05, 4.69) is 15.9 Å². The fourth-order valence-electron chi connectivity index (χ4n) is 4.18. The second kappa shape index (κ2) is 7.17. The summed E-state index contributed by atoms with van der Waals surface area (Å²) >= 11 is 3.61. The van der Waals surface area contributed by atoms with Crippen LogP contribution in [0.5, 0.6) is 11.5 Å². The van der Waals surface area contributed by atoms with E-state index >= 15 is 0 Å². The van der Waals surface area contributed by atoms with Gasteiger partial charge in [0, 0.05) is 11.6 Å². The molecule has 0 amide bonds. The Morgan fingerprint density at radius 1 is 1.11 bits per heavy atom. The second-order valence-electron chi connectivity index (χ2n) is 6.83. The standard InChI is InChI=1S/C21H23BrO5/c1-20(24)11-10-14-17(15(25-2)12-16(26-3)18(14)22)21(20,19(23)27-4)13-8-6-5-7-9-13/h5-9,12,24H,10-11H2,1-4H3/t20-,21-/m1/s1. The molecule has 0 bridgehead atoms. The molecule has 5 nitrogen and oxygen atoms in total. The van der Waals surface area contributed by atoms with E-state index in [1.807, 2.05) is 30.3 Å². The number of benzene rings is 2. The van der Waals surface area contributed by atoms with Crippen LogP contribution in [0.1, 0.15) is 30.0 Å². The highest BCUT2D eigenvalue weighted by Gasteiger charge is 2.61. The van der Waals surface area contributed by atoms with Gasteiger partial charge in [0.05, 0.1) is 31.4 Å². The third-order valence-electron chi connectivity index (χ3n) is 5.47. The van der Waals surface area contributed by atoms with Gasteiger partial charge in [-0.2, -0.15) is 0 Å². The molecule has 3 rings (SSSR count). The monoisotopic (exact) mass is 434 g/mol. The predicted molar refractivity (Wildman–Crippen MR) is 105 cm³/mol. The van der Waals surface area contributed by atoms with Gasteiger partial charge in [-0.15, -0.1) is 0 Å². The third-order valence-corrected chi connectivity index (χ3v) is 6.34. The van der Waals surface area contributed by atoms with Gasteiger partial charge in [-0.3, -0.25) is 4.79 Å². The molecule has 0 radical (unpaired) electrons. The lowest BCUT2D eigenvalue weighted by Gasteiger charge is -2.48. The Morgan fingerprint density at radius 3 is 2.30 bits per heavy atom. The van der Waals surface area contributed by atoms with Crippen molar-refractivity contribution in [3.05, 3.63) is 57.6 Å². The Hall–Kier alpha value is -2.05. The van der Waals surface area contributed by atoms with Crippen LogP contribution in [0.3, 0.4) is 0 Å². The number of ether oxygens (including phenoxy) is 3. The number of hydrogen-bond donors (Lipinski definition) is 1. The summed E-state index contributed by atoms with van der Waals surface area (Å²) in [5.74, 6) is 0.549. The highest BCUT2D eigenvalue weighted by molar-refractivity contribution is 9.10. The van der Waals surface area contributed by atoms with Crippen LogP contribution in [-0.2, 0) is 21.4 Å². The Labute approximate surface area is 167 Å². The van der Waals surface area contributed by atoms with Gasteiger partial charge < -0.3 is 19.3 Å². The summed E-state index contributed by atoms with van der Waals surface area (Å²) in [5, 5.41) is 11.5. The summed E-state index contributed by atoms with van der Waals surface area (Å²) in [7, 11) is 4.46. The van der Waals surface area contributed by atoms with Crippen LogP contribution >= 0.6 is 15.9 Å². The fourth-order valence-corrected chi connectivity index (χ4v) is 4.85. The molecular weight excluding hydrogens is 412 g/mol. The SMILES string of the molecule is COC(=O)[C@@]1(c2ccccc2)c2c(OC)cc(OC)c(Br)c2CC[C@@]1(C)O. The molecule has 1 N–H and O–H groups in total. The van der Waals surface area contributed by atoms with Gasteiger partial charge in [-0.1, -0.05) is 30.3 Å². The number of halogens is 1. The van der Waals surface area contributed by atoms with Crippen LogP contribution in [-0.4, -0.2) is 38.0 Å². The summed E-state index contributed by atoms with van der Waals surface area (Å²) in [5.41, 5.74) is -0.691. The normalized spacial score (nSPS) is 24.1. The van der Waals surface area contributed by atoms with Crippen molar-refractivity contribution in [3.63, 3.8) is 0 Å². The van der Waals surface area contributed by atoms with E-state index in [4.69, 9.17) is 14.2 Å². The van der Waals surface area contributed by atoms with E-state index in [-0.39, 0.29) is 0 Å². The van der Waals surface area contributed by atoms with Crippen LogP contribution < -0.4 is 9.47 Å². The summed E-state index contributed by atoms with van der Waals surface area (Å²) in [6, 6.07) is 10.9. The number of carbonyl (C=O) groups excluding carboxylic acids is 1. The molecule has 6 heteroatoms. The molecule has 0 aliphatic heterocycles. The van der Waals surface area contributed by atoms with Gasteiger partial charge >= 0.3 is 5.97 Å². The summed E-state index contributed by atoms with van der Waals surface area (Å²) in [6.45, 7) is 1.68. The van der Waals surface area contributed by atoms with E-state index in [9.17, 15) is 9.90 Å². The van der Waals surface area contributed by atoms with Crippen LogP contribution in [0.4, 0.5) is 0 Å². The molecule has 2 atom stereocenters. The molecule has 0 aromatic heterocycles. The highest BCUT2D eigenvalue weighted by atomic mass is 79.9. The zero-order valence-electron chi connectivity index (χ0n) is 15.8. The molecule has 1 aliphatic carbocycles. The highest BCUT2D eigenvalue weighted by Crippen LogP contribution is 2.55. The van der Waals surface area contributed by atoms with Crippen molar-refractivity contribution in [1.82, 2.24) is 0 Å². The molecule has 144 valence electrons. The van der Waals surface area contributed by atoms with Gasteiger partial charge in [0.25, 0.3) is 0 Å². The lowest BCUT2D eigenvalue weighted by atomic mass is 9.57. The van der Waals surface area contributed by atoms with E-state index in [1.54, 1.807) is 27.2 Å². The Bertz CT molecular complexity index is 863. The molecule has 1 aliphatic rings. The summed E-state index contributed by atoms with van der Waals surface area (Å²) in [6.07, 6.45) is 0.932. The first-order valence-corrected chi connectivity index (χ1v) is 9.44. The van der Waals surface area contributed by atoms with Crippen molar-refractivity contribution in [2.75, 3.05) is 21.3 Å². The van der Waals surface area contributed by atoms with Crippen molar-refractivity contribution in [2.45, 2.75) is 30.8 Å². The van der Waals surface area contributed by atoms with Crippen LogP contribution in [0, 0.1) is 0 Å². The molecule has 2 aromatic rings. The number of fused-ring (bicyclic) bond motifs is 1. The Kier molecular flexibility index (Phi) is 5.23. The maximum atomic E-state index is 13.3. The molecule has 27 heavy (non-hydrogen) atoms. The van der Waals surface area contributed by atoms with Gasteiger partial charge in [-0.05, 0) is 46.8 Å². The number of rotatable bonds is 4. The summed E-state index contributed by atoms with van der Waals surface area (Å²) in [4.78, 5) is 13.3. The minimum Gasteiger partial charge on any atom is -0.496 e. The third kappa shape index (κ3) is 2.74. The zero-order valence-corrected chi connectivity index (χ0v) is 17.4. The molecular formula is C21H23BrO5. The number of esters is 1. The van der Waals surface area contributed by atoms with Crippen LogP contribution in [0.25, 0.3) is 0 Å². The Balaban J connectivity index is 2.51. The predicted octanol–water partition coefficient (Wildman–Crippen LogP) is 3.62. The maximum absolute atomic E-state index is 13.3. The van der Waals surface area contributed by atoms with E-state index in [0.717, 1.165) is 10.0 Å². The Morgan fingerprint density at radius 2 is 1.74 bits per heavy atom. The second-order valence-corrected chi connectivity index (χ2v) is 7.62. The number of aliphatic hydroxyl groups is 1. The quantitative estimate of drug-likeness (QED) is 0.744. The molecule has 0 saturated heterocycles. The van der Waals surface area contributed by atoms with E-state index in [0.29, 0.717) is 35.5 Å². The van der Waals surface area contributed by atoms with Crippen molar-refractivity contribution in [2.24, 2.45) is 0 Å². The maximum Gasteiger partial charge on any atom is 0.323 e. The number of methoxy groups -OCH3 is 3. The molecule has 0 spiro atoms. The topological polar surface area (TPSA) is 65.0 Å². The molecule has 0 fully saturated rings. The molecule has 0 unspecified atom stereocenters. The van der Waals surface area contributed by atoms with Gasteiger partial charge in [0.15, 0.2) is 0 Å². The first-order valence-electron chi connectivity index (χ1n) is 8.65. The van der Waals surface area contributed by atoms with Crippen LogP contribution in [0.2, 0.25) is 0 Å². The minimum atomic E-state index is -1.43. The molecule has 0 saturated carbocycles. The summed E-state index contributed by atoms with van der Waals surface area (Å²) < 4.78 is 17.1. The largest absolute Gasteiger partial charge is 0.496 e. The first-order chi connectivity index (χ1) is 12.8. The molecule has 0 heterocycles. The van der Waals surface area contributed by atoms with E-state index in [1.165, 1.54) is 7.11 Å². The van der Waals surface area contributed by atoms with Crippen molar-refractivity contribution in [3.8, 4) is 11.5 Å². The van der Waals surface area contributed by atoms with Gasteiger partial charge in [-0.25, -0.2) is 0 Å². The van der Waals surface area contributed by atoms with Crippen LogP contribution in [0.15, 0.2) is 40.9 Å². The van der Waals surface area contributed by atoms with Crippen molar-refractivity contribution < 1.29 is 24.1 Å². The van der Waals surface area contributed by atoms with Crippen molar-refractivity contribution >= 4 is 21.9 Å². The van der Waals surface area contributed by atoms with Gasteiger partial charge in [0.2, 0.25) is 0 Å². The smallest absolute Gasteiger partial charge is 0.323 e. The zero-order chi connectivity index (χ0) is 19.8. The number of hydrogen-bond acceptors (Lipinski definition) is 5. The first kappa shape index (κ1) is 19.7. The number of carbonyl (C=O) groups is 1. The average Bonchev–Trinajstić information content (AvgIpc) is 2.68. The lowest BCUT2D eigenvalue weighted by molar-refractivity contribution is -0.157. The fraction of sp³-hybridized carbons (Fsp3) is 0.381. The lowest BCUT2D eigenvalue weighted by Crippen LogP contribution is -2.59. The van der Waals surface area contributed by atoms with Crippen molar-refractivity contribution in [1.29, 1.82) is 0 Å². The van der Waals surface area contributed by atoms with E-state index < -0.39 is 17.0 Å². The van der Waals surface area contributed by atoms with Gasteiger partial charge in [0.1, 0.15) is 16.9 Å². The molecule has 2 aromatic carbocycles.